The van der Waals surface area contributed by atoms with Crippen molar-refractivity contribution in [3.63, 3.8) is 0 Å². The summed E-state index contributed by atoms with van der Waals surface area (Å²) in [7, 11) is 0. The van der Waals surface area contributed by atoms with E-state index in [1.54, 1.807) is 0 Å². The lowest BCUT2D eigenvalue weighted by molar-refractivity contribution is 0.340. The molecule has 4 heteroatoms. The Morgan fingerprint density at radius 3 is 3.05 bits per heavy atom. The number of nitrogens with one attached hydrogen (secondary N) is 1. The van der Waals surface area contributed by atoms with Gasteiger partial charge in [-0.05, 0) is 43.4 Å². The first-order valence-corrected chi connectivity index (χ1v) is 7.06. The van der Waals surface area contributed by atoms with E-state index in [9.17, 15) is 0 Å². The highest BCUT2D eigenvalue weighted by molar-refractivity contribution is 5.38. The van der Waals surface area contributed by atoms with Crippen LogP contribution >= 0.6 is 0 Å². The van der Waals surface area contributed by atoms with E-state index in [4.69, 9.17) is 4.52 Å². The lowest BCUT2D eigenvalue weighted by Gasteiger charge is -2.06. The summed E-state index contributed by atoms with van der Waals surface area (Å²) < 4.78 is 5.45. The summed E-state index contributed by atoms with van der Waals surface area (Å²) in [5, 5.41) is 7.62. The number of hydrogen-bond acceptors (Lipinski definition) is 4. The second kappa shape index (κ2) is 4.46. The molecule has 2 heterocycles. The molecule has 19 heavy (non-hydrogen) atoms. The van der Waals surface area contributed by atoms with Crippen molar-refractivity contribution >= 4 is 0 Å². The lowest BCUT2D eigenvalue weighted by Crippen LogP contribution is -2.13. The molecule has 1 saturated heterocycles. The number of benzene rings is 1. The van der Waals surface area contributed by atoms with E-state index in [1.807, 2.05) is 0 Å². The Morgan fingerprint density at radius 2 is 2.16 bits per heavy atom. The zero-order valence-corrected chi connectivity index (χ0v) is 10.8. The summed E-state index contributed by atoms with van der Waals surface area (Å²) in [5.41, 5.74) is 2.80. The predicted molar refractivity (Wildman–Crippen MR) is 70.9 cm³/mol. The fourth-order valence-corrected chi connectivity index (χ4v) is 3.25. The highest BCUT2D eigenvalue weighted by Crippen LogP contribution is 2.37. The maximum atomic E-state index is 5.45. The highest BCUT2D eigenvalue weighted by atomic mass is 16.5. The normalized spacial score (nSPS) is 25.7. The van der Waals surface area contributed by atoms with E-state index in [0.717, 1.165) is 37.5 Å². The topological polar surface area (TPSA) is 51.0 Å². The van der Waals surface area contributed by atoms with Gasteiger partial charge >= 0.3 is 0 Å². The third-order valence-electron chi connectivity index (χ3n) is 4.26. The molecular formula is C15H17N3O. The molecule has 2 aliphatic rings. The lowest BCUT2D eigenvalue weighted by atomic mass is 10.0. The quantitative estimate of drug-likeness (QED) is 0.896. The van der Waals surface area contributed by atoms with Crippen LogP contribution in [0.3, 0.4) is 0 Å². The van der Waals surface area contributed by atoms with Gasteiger partial charge in [-0.25, -0.2) is 0 Å². The molecule has 1 unspecified atom stereocenters. The molecule has 2 atom stereocenters. The van der Waals surface area contributed by atoms with Crippen LogP contribution in [-0.4, -0.2) is 16.7 Å². The van der Waals surface area contributed by atoms with E-state index < -0.39 is 0 Å². The van der Waals surface area contributed by atoms with Crippen molar-refractivity contribution in [1.82, 2.24) is 15.5 Å². The Bertz CT molecular complexity index is 587. The van der Waals surface area contributed by atoms with Gasteiger partial charge in [0.2, 0.25) is 5.89 Å². The molecule has 2 aromatic rings. The number of rotatable bonds is 2. The third kappa shape index (κ3) is 1.87. The first kappa shape index (κ1) is 11.2. The van der Waals surface area contributed by atoms with Gasteiger partial charge in [0.15, 0.2) is 5.82 Å². The van der Waals surface area contributed by atoms with Crippen molar-refractivity contribution in [3.05, 3.63) is 47.1 Å². The fraction of sp³-hybridized carbons (Fsp3) is 0.467. The standard InChI is InChI=1S/C15H17N3O/c1-2-5-11-10(4-1)7-8-12(11)14-17-15(19-18-14)13-6-3-9-16-13/h1-2,4-5,12-13,16H,3,6-9H2/t12?,13-/m0/s1. The minimum atomic E-state index is 0.262. The summed E-state index contributed by atoms with van der Waals surface area (Å²) in [5.74, 6) is 1.93. The largest absolute Gasteiger partial charge is 0.338 e. The summed E-state index contributed by atoms with van der Waals surface area (Å²) in [6, 6.07) is 8.85. The van der Waals surface area contributed by atoms with Gasteiger partial charge in [0.1, 0.15) is 0 Å². The molecule has 1 aromatic heterocycles. The van der Waals surface area contributed by atoms with Crippen LogP contribution in [0.2, 0.25) is 0 Å². The molecule has 1 fully saturated rings. The van der Waals surface area contributed by atoms with Gasteiger partial charge in [0.05, 0.1) is 6.04 Å². The Hall–Kier alpha value is -1.68. The molecule has 0 saturated carbocycles. The molecule has 1 aromatic carbocycles. The number of fused-ring (bicyclic) bond motifs is 1. The average Bonchev–Trinajstić information content (AvgIpc) is 3.18. The van der Waals surface area contributed by atoms with Gasteiger partial charge in [-0.1, -0.05) is 29.4 Å². The van der Waals surface area contributed by atoms with E-state index in [2.05, 4.69) is 39.7 Å². The van der Waals surface area contributed by atoms with E-state index in [1.165, 1.54) is 17.5 Å². The molecule has 98 valence electrons. The zero-order valence-electron chi connectivity index (χ0n) is 10.8. The molecule has 1 aliphatic carbocycles. The van der Waals surface area contributed by atoms with Crippen LogP contribution in [0.4, 0.5) is 0 Å². The van der Waals surface area contributed by atoms with Crippen LogP contribution in [0.5, 0.6) is 0 Å². The summed E-state index contributed by atoms with van der Waals surface area (Å²) in [4.78, 5) is 4.63. The van der Waals surface area contributed by atoms with Crippen molar-refractivity contribution in [1.29, 1.82) is 0 Å². The second-order valence-corrected chi connectivity index (χ2v) is 5.43. The molecule has 0 spiro atoms. The molecule has 0 radical (unpaired) electrons. The van der Waals surface area contributed by atoms with E-state index >= 15 is 0 Å². The minimum Gasteiger partial charge on any atom is -0.338 e. The number of hydrogen-bond donors (Lipinski definition) is 1. The monoisotopic (exact) mass is 255 g/mol. The highest BCUT2D eigenvalue weighted by Gasteiger charge is 2.29. The Kier molecular flexibility index (Phi) is 2.62. The van der Waals surface area contributed by atoms with Gasteiger partial charge in [0.25, 0.3) is 0 Å². The summed E-state index contributed by atoms with van der Waals surface area (Å²) >= 11 is 0. The summed E-state index contributed by atoms with van der Waals surface area (Å²) in [6.07, 6.45) is 4.50. The molecular weight excluding hydrogens is 238 g/mol. The van der Waals surface area contributed by atoms with Gasteiger partial charge in [-0.3, -0.25) is 0 Å². The molecule has 1 aliphatic heterocycles. The summed E-state index contributed by atoms with van der Waals surface area (Å²) in [6.45, 7) is 1.05. The molecule has 1 N–H and O–H groups in total. The van der Waals surface area contributed by atoms with Crippen molar-refractivity contribution < 1.29 is 4.52 Å². The Labute approximate surface area is 112 Å². The van der Waals surface area contributed by atoms with Crippen LogP contribution in [0.15, 0.2) is 28.8 Å². The Morgan fingerprint density at radius 1 is 1.21 bits per heavy atom. The first-order valence-electron chi connectivity index (χ1n) is 7.06. The molecule has 0 amide bonds. The van der Waals surface area contributed by atoms with Crippen LogP contribution in [0, 0.1) is 0 Å². The van der Waals surface area contributed by atoms with E-state index in [-0.39, 0.29) is 6.04 Å². The van der Waals surface area contributed by atoms with Crippen molar-refractivity contribution in [2.24, 2.45) is 0 Å². The third-order valence-corrected chi connectivity index (χ3v) is 4.26. The predicted octanol–water partition coefficient (Wildman–Crippen LogP) is 2.57. The van der Waals surface area contributed by atoms with Crippen molar-refractivity contribution in [3.8, 4) is 0 Å². The first-order chi connectivity index (χ1) is 9.42. The zero-order chi connectivity index (χ0) is 12.7. The Balaban J connectivity index is 1.63. The number of aromatic nitrogens is 2. The van der Waals surface area contributed by atoms with Crippen molar-refractivity contribution in [2.45, 2.75) is 37.6 Å². The average molecular weight is 255 g/mol. The maximum absolute atomic E-state index is 5.45. The number of nitrogens with zero attached hydrogens (tertiary/aromatic N) is 2. The molecule has 4 rings (SSSR count). The van der Waals surface area contributed by atoms with Crippen LogP contribution in [-0.2, 0) is 6.42 Å². The SMILES string of the molecule is c1ccc2c(c1)CCC2c1noc([C@@H]2CCCN2)n1. The maximum Gasteiger partial charge on any atom is 0.243 e. The molecule has 0 bridgehead atoms. The van der Waals surface area contributed by atoms with Crippen LogP contribution in [0.25, 0.3) is 0 Å². The van der Waals surface area contributed by atoms with Crippen molar-refractivity contribution in [2.75, 3.05) is 6.54 Å². The smallest absolute Gasteiger partial charge is 0.243 e. The fourth-order valence-electron chi connectivity index (χ4n) is 3.25. The van der Waals surface area contributed by atoms with Gasteiger partial charge in [-0.2, -0.15) is 4.98 Å². The molecule has 4 nitrogen and oxygen atoms in total. The number of aryl methyl sites for hydroxylation is 1. The second-order valence-electron chi connectivity index (χ2n) is 5.43. The van der Waals surface area contributed by atoms with E-state index in [0.29, 0.717) is 5.92 Å². The van der Waals surface area contributed by atoms with Crippen LogP contribution in [0.1, 0.15) is 54.1 Å². The van der Waals surface area contributed by atoms with Gasteiger partial charge < -0.3 is 9.84 Å². The van der Waals surface area contributed by atoms with Crippen LogP contribution < -0.4 is 5.32 Å². The minimum absolute atomic E-state index is 0.262. The van der Waals surface area contributed by atoms with Gasteiger partial charge in [-0.15, -0.1) is 0 Å². The van der Waals surface area contributed by atoms with Gasteiger partial charge in [0, 0.05) is 5.92 Å².